The first-order valence-corrected chi connectivity index (χ1v) is 8.30. The van der Waals surface area contributed by atoms with Crippen LogP contribution in [0.1, 0.15) is 44.3 Å². The Bertz CT molecular complexity index is 961. The maximum absolute atomic E-state index is 12.8. The molecule has 3 rings (SSSR count). The van der Waals surface area contributed by atoms with Crippen molar-refractivity contribution in [3.05, 3.63) is 94.0 Å². The number of carbonyl (C=O) groups excluding carboxylic acids is 1. The van der Waals surface area contributed by atoms with Crippen LogP contribution in [0.4, 0.5) is 0 Å². The highest BCUT2D eigenvalue weighted by atomic mass is 16.3. The minimum Gasteiger partial charge on any atom is -0.507 e. The Balaban J connectivity index is 2.12. The Hall–Kier alpha value is -3.11. The number of hydrogen-bond acceptors (Lipinski definition) is 4. The number of aromatic hydroxyl groups is 2. The number of aliphatic hydroxyl groups is 1. The highest BCUT2D eigenvalue weighted by molar-refractivity contribution is 6.11. The van der Waals surface area contributed by atoms with Gasteiger partial charge in [-0.05, 0) is 25.5 Å². The fourth-order valence-corrected chi connectivity index (χ4v) is 2.97. The summed E-state index contributed by atoms with van der Waals surface area (Å²) in [4.78, 5) is 12.8. The smallest absolute Gasteiger partial charge is 0.196 e. The van der Waals surface area contributed by atoms with Crippen LogP contribution in [-0.4, -0.2) is 21.1 Å². The average Bonchev–Trinajstić information content (AvgIpc) is 2.66. The molecule has 0 spiro atoms. The van der Waals surface area contributed by atoms with E-state index in [1.807, 2.05) is 25.1 Å². The summed E-state index contributed by atoms with van der Waals surface area (Å²) in [6.45, 7) is 3.42. The van der Waals surface area contributed by atoms with Gasteiger partial charge in [0.25, 0.3) is 0 Å². The SMILES string of the molecule is Cc1cccc(C(O)c2cc(C(=O)c3ccccc3)c(O)c(C)c2O)c1. The average molecular weight is 348 g/mol. The molecule has 0 bridgehead atoms. The molecule has 0 heterocycles. The van der Waals surface area contributed by atoms with Gasteiger partial charge >= 0.3 is 0 Å². The lowest BCUT2D eigenvalue weighted by atomic mass is 9.92. The lowest BCUT2D eigenvalue weighted by Gasteiger charge is -2.18. The van der Waals surface area contributed by atoms with E-state index in [1.165, 1.54) is 13.0 Å². The molecule has 0 aliphatic heterocycles. The monoisotopic (exact) mass is 348 g/mol. The number of phenols is 2. The molecular formula is C22H20O4. The molecule has 0 fully saturated rings. The van der Waals surface area contributed by atoms with Crippen molar-refractivity contribution >= 4 is 5.78 Å². The minimum absolute atomic E-state index is 0.0493. The zero-order valence-corrected chi connectivity index (χ0v) is 14.6. The van der Waals surface area contributed by atoms with Gasteiger partial charge in [-0.15, -0.1) is 0 Å². The first-order chi connectivity index (χ1) is 12.4. The predicted octanol–water partition coefficient (Wildman–Crippen LogP) is 4.03. The molecule has 0 saturated carbocycles. The minimum atomic E-state index is -1.11. The standard InChI is InChI=1S/C22H20O4/c1-13-7-6-10-16(11-13)22(26)18-12-17(19(23)14(2)20(18)24)21(25)15-8-4-3-5-9-15/h3-12,22-24,26H,1-2H3. The molecule has 1 unspecified atom stereocenters. The van der Waals surface area contributed by atoms with E-state index in [4.69, 9.17) is 0 Å². The summed E-state index contributed by atoms with van der Waals surface area (Å²) >= 11 is 0. The molecule has 26 heavy (non-hydrogen) atoms. The van der Waals surface area contributed by atoms with Gasteiger partial charge in [-0.2, -0.15) is 0 Å². The first kappa shape index (κ1) is 17.7. The molecule has 3 N–H and O–H groups in total. The number of rotatable bonds is 4. The van der Waals surface area contributed by atoms with E-state index in [2.05, 4.69) is 0 Å². The van der Waals surface area contributed by atoms with Crippen LogP contribution >= 0.6 is 0 Å². The van der Waals surface area contributed by atoms with Crippen LogP contribution in [0.3, 0.4) is 0 Å². The second-order valence-electron chi connectivity index (χ2n) is 6.35. The Labute approximate surface area is 152 Å². The van der Waals surface area contributed by atoms with Gasteiger partial charge in [0.15, 0.2) is 5.78 Å². The van der Waals surface area contributed by atoms with Crippen molar-refractivity contribution in [2.24, 2.45) is 0 Å². The van der Waals surface area contributed by atoms with Crippen LogP contribution < -0.4 is 0 Å². The maximum atomic E-state index is 12.8. The third kappa shape index (κ3) is 3.19. The fourth-order valence-electron chi connectivity index (χ4n) is 2.97. The molecular weight excluding hydrogens is 328 g/mol. The second-order valence-corrected chi connectivity index (χ2v) is 6.35. The maximum Gasteiger partial charge on any atom is 0.196 e. The number of aliphatic hydroxyl groups excluding tert-OH is 1. The van der Waals surface area contributed by atoms with Gasteiger partial charge in [0.2, 0.25) is 0 Å². The van der Waals surface area contributed by atoms with Gasteiger partial charge in [0.1, 0.15) is 17.6 Å². The number of hydrogen-bond donors (Lipinski definition) is 3. The van der Waals surface area contributed by atoms with Gasteiger partial charge in [-0.1, -0.05) is 60.2 Å². The third-order valence-electron chi connectivity index (χ3n) is 4.47. The van der Waals surface area contributed by atoms with Crippen LogP contribution in [0, 0.1) is 13.8 Å². The Morgan fingerprint density at radius 1 is 0.885 bits per heavy atom. The zero-order valence-electron chi connectivity index (χ0n) is 14.6. The Morgan fingerprint density at radius 2 is 1.58 bits per heavy atom. The van der Waals surface area contributed by atoms with Crippen molar-refractivity contribution in [3.8, 4) is 11.5 Å². The van der Waals surface area contributed by atoms with Gasteiger partial charge in [0, 0.05) is 16.7 Å². The first-order valence-electron chi connectivity index (χ1n) is 8.30. The number of carbonyl (C=O) groups is 1. The van der Waals surface area contributed by atoms with Gasteiger partial charge in [0.05, 0.1) is 5.56 Å². The molecule has 3 aromatic carbocycles. The highest BCUT2D eigenvalue weighted by Gasteiger charge is 2.24. The number of benzene rings is 3. The third-order valence-corrected chi connectivity index (χ3v) is 4.47. The van der Waals surface area contributed by atoms with Crippen molar-refractivity contribution in [1.29, 1.82) is 0 Å². The van der Waals surface area contributed by atoms with Crippen molar-refractivity contribution in [2.75, 3.05) is 0 Å². The summed E-state index contributed by atoms with van der Waals surface area (Å²) in [6, 6.07) is 17.2. The molecule has 1 atom stereocenters. The van der Waals surface area contributed by atoms with Crippen molar-refractivity contribution in [3.63, 3.8) is 0 Å². The summed E-state index contributed by atoms with van der Waals surface area (Å²) in [7, 11) is 0. The lowest BCUT2D eigenvalue weighted by molar-refractivity contribution is 0.103. The number of aryl methyl sites for hydroxylation is 1. The van der Waals surface area contributed by atoms with Crippen LogP contribution in [-0.2, 0) is 0 Å². The summed E-state index contributed by atoms with van der Waals surface area (Å²) in [6.07, 6.45) is -1.11. The van der Waals surface area contributed by atoms with E-state index < -0.39 is 6.10 Å². The highest BCUT2D eigenvalue weighted by Crippen LogP contribution is 2.39. The summed E-state index contributed by atoms with van der Waals surface area (Å²) in [5, 5.41) is 31.5. The van der Waals surface area contributed by atoms with Crippen molar-refractivity contribution in [2.45, 2.75) is 20.0 Å². The predicted molar refractivity (Wildman–Crippen MR) is 99.6 cm³/mol. The summed E-state index contributed by atoms with van der Waals surface area (Å²) in [5.74, 6) is -0.874. The van der Waals surface area contributed by atoms with Crippen LogP contribution in [0.25, 0.3) is 0 Å². The van der Waals surface area contributed by atoms with E-state index in [-0.39, 0.29) is 34.0 Å². The molecule has 4 nitrogen and oxygen atoms in total. The molecule has 0 aliphatic rings. The Morgan fingerprint density at radius 3 is 2.23 bits per heavy atom. The van der Waals surface area contributed by atoms with Crippen LogP contribution in [0.15, 0.2) is 60.7 Å². The van der Waals surface area contributed by atoms with E-state index in [0.717, 1.165) is 5.56 Å². The molecule has 0 radical (unpaired) electrons. The molecule has 132 valence electrons. The number of ketones is 1. The normalized spacial score (nSPS) is 12.0. The van der Waals surface area contributed by atoms with Crippen LogP contribution in [0.2, 0.25) is 0 Å². The van der Waals surface area contributed by atoms with E-state index in [1.54, 1.807) is 36.4 Å². The van der Waals surface area contributed by atoms with Crippen LogP contribution in [0.5, 0.6) is 11.5 Å². The van der Waals surface area contributed by atoms with E-state index in [9.17, 15) is 20.1 Å². The molecule has 4 heteroatoms. The van der Waals surface area contributed by atoms with E-state index in [0.29, 0.717) is 11.1 Å². The molecule has 3 aromatic rings. The Kier molecular flexibility index (Phi) is 4.78. The summed E-state index contributed by atoms with van der Waals surface area (Å²) < 4.78 is 0. The molecule has 0 saturated heterocycles. The quantitative estimate of drug-likeness (QED) is 0.622. The zero-order chi connectivity index (χ0) is 18.8. The van der Waals surface area contributed by atoms with Crippen molar-refractivity contribution in [1.82, 2.24) is 0 Å². The van der Waals surface area contributed by atoms with Crippen molar-refractivity contribution < 1.29 is 20.1 Å². The van der Waals surface area contributed by atoms with Gasteiger partial charge in [-0.25, -0.2) is 0 Å². The topological polar surface area (TPSA) is 77.8 Å². The summed E-state index contributed by atoms with van der Waals surface area (Å²) in [5.41, 5.74) is 2.39. The largest absolute Gasteiger partial charge is 0.507 e. The van der Waals surface area contributed by atoms with Gasteiger partial charge < -0.3 is 15.3 Å². The number of phenolic OH excluding ortho intramolecular Hbond substituents is 2. The fraction of sp³-hybridized carbons (Fsp3) is 0.136. The molecule has 0 amide bonds. The molecule has 0 aromatic heterocycles. The van der Waals surface area contributed by atoms with E-state index >= 15 is 0 Å². The molecule has 0 aliphatic carbocycles. The van der Waals surface area contributed by atoms with Gasteiger partial charge in [-0.3, -0.25) is 4.79 Å². The lowest BCUT2D eigenvalue weighted by Crippen LogP contribution is -2.07. The second kappa shape index (κ2) is 7.02.